The summed E-state index contributed by atoms with van der Waals surface area (Å²) in [5.74, 6) is 1.46. The number of benzene rings is 2. The van der Waals surface area contributed by atoms with E-state index in [4.69, 9.17) is 37.4 Å². The Labute approximate surface area is 205 Å². The molecule has 0 atom stereocenters. The summed E-state index contributed by atoms with van der Waals surface area (Å²) < 4.78 is 19.6. The van der Waals surface area contributed by atoms with Gasteiger partial charge in [0, 0.05) is 34.1 Å². The van der Waals surface area contributed by atoms with Gasteiger partial charge in [0.1, 0.15) is 0 Å². The molecule has 176 valence electrons. The zero-order valence-electron chi connectivity index (χ0n) is 18.4. The van der Waals surface area contributed by atoms with Crippen molar-refractivity contribution < 1.29 is 19.0 Å². The number of aromatic nitrogens is 4. The highest BCUT2D eigenvalue weighted by Crippen LogP contribution is 2.36. The maximum Gasteiger partial charge on any atom is 0.277 e. The highest BCUT2D eigenvalue weighted by atomic mass is 35.5. The molecule has 4 aromatic rings. The van der Waals surface area contributed by atoms with Gasteiger partial charge in [0.25, 0.3) is 5.91 Å². The van der Waals surface area contributed by atoms with Crippen molar-refractivity contribution in [1.82, 2.24) is 19.6 Å². The number of hydrogen-bond donors (Lipinski definition) is 1. The van der Waals surface area contributed by atoms with Crippen LogP contribution in [0.5, 0.6) is 17.2 Å². The molecule has 0 saturated heterocycles. The maximum absolute atomic E-state index is 12.6. The van der Waals surface area contributed by atoms with Crippen molar-refractivity contribution >= 4 is 34.9 Å². The average Bonchev–Trinajstić information content (AvgIpc) is 3.49. The van der Waals surface area contributed by atoms with Gasteiger partial charge < -0.3 is 19.5 Å². The first-order valence-electron chi connectivity index (χ1n) is 10.1. The molecule has 2 aromatic carbocycles. The third kappa shape index (κ3) is 5.27. The van der Waals surface area contributed by atoms with Crippen LogP contribution in [0.25, 0.3) is 0 Å². The van der Waals surface area contributed by atoms with E-state index in [-0.39, 0.29) is 12.4 Å². The van der Waals surface area contributed by atoms with E-state index in [0.717, 1.165) is 5.56 Å². The summed E-state index contributed by atoms with van der Waals surface area (Å²) in [4.78, 5) is 12.6. The minimum absolute atomic E-state index is 0.0528. The molecule has 0 bridgehead atoms. The molecule has 0 aliphatic rings. The lowest BCUT2D eigenvalue weighted by molar-refractivity contribution is 0.101. The van der Waals surface area contributed by atoms with E-state index >= 15 is 0 Å². The van der Waals surface area contributed by atoms with Gasteiger partial charge in [0.05, 0.1) is 20.8 Å². The number of para-hydroxylation sites is 1. The zero-order chi connectivity index (χ0) is 24.1. The smallest absolute Gasteiger partial charge is 0.277 e. The first kappa shape index (κ1) is 23.5. The highest BCUT2D eigenvalue weighted by molar-refractivity contribution is 6.35. The molecule has 4 rings (SSSR count). The lowest BCUT2D eigenvalue weighted by Gasteiger charge is -2.13. The predicted octanol–water partition coefficient (Wildman–Crippen LogP) is 4.74. The molecule has 0 radical (unpaired) electrons. The topological polar surface area (TPSA) is 92.4 Å². The van der Waals surface area contributed by atoms with Gasteiger partial charge in [0.15, 0.2) is 29.7 Å². The summed E-state index contributed by atoms with van der Waals surface area (Å²) in [7, 11) is 3.09. The summed E-state index contributed by atoms with van der Waals surface area (Å²) in [6.07, 6.45) is 3.36. The van der Waals surface area contributed by atoms with Gasteiger partial charge in [-0.25, -0.2) is 4.68 Å². The first-order valence-corrected chi connectivity index (χ1v) is 10.9. The lowest BCUT2D eigenvalue weighted by Crippen LogP contribution is -2.15. The Kier molecular flexibility index (Phi) is 7.24. The molecule has 0 spiro atoms. The summed E-state index contributed by atoms with van der Waals surface area (Å²) in [6, 6.07) is 13.9. The number of amides is 1. The van der Waals surface area contributed by atoms with Gasteiger partial charge in [-0.05, 0) is 30.3 Å². The average molecular weight is 502 g/mol. The van der Waals surface area contributed by atoms with Crippen molar-refractivity contribution in [2.24, 2.45) is 0 Å². The quantitative estimate of drug-likeness (QED) is 0.356. The van der Waals surface area contributed by atoms with Gasteiger partial charge in [-0.1, -0.05) is 35.3 Å². The van der Waals surface area contributed by atoms with Crippen LogP contribution < -0.4 is 19.5 Å². The number of methoxy groups -OCH3 is 2. The minimum Gasteiger partial charge on any atom is -0.493 e. The van der Waals surface area contributed by atoms with Crippen LogP contribution >= 0.6 is 23.2 Å². The third-order valence-corrected chi connectivity index (χ3v) is 5.57. The van der Waals surface area contributed by atoms with E-state index in [0.29, 0.717) is 39.7 Å². The molecule has 2 aromatic heterocycles. The Morgan fingerprint density at radius 2 is 1.56 bits per heavy atom. The van der Waals surface area contributed by atoms with E-state index in [2.05, 4.69) is 15.5 Å². The van der Waals surface area contributed by atoms with E-state index in [1.165, 1.54) is 4.68 Å². The van der Waals surface area contributed by atoms with Gasteiger partial charge >= 0.3 is 0 Å². The summed E-state index contributed by atoms with van der Waals surface area (Å²) >= 11 is 12.4. The molecule has 0 saturated carbocycles. The fourth-order valence-electron chi connectivity index (χ4n) is 3.19. The largest absolute Gasteiger partial charge is 0.493 e. The monoisotopic (exact) mass is 501 g/mol. The Morgan fingerprint density at radius 3 is 2.24 bits per heavy atom. The number of carbonyl (C=O) groups is 1. The summed E-state index contributed by atoms with van der Waals surface area (Å²) in [6.45, 7) is 0.421. The molecule has 0 aliphatic heterocycles. The number of anilines is 1. The molecule has 9 nitrogen and oxygen atoms in total. The van der Waals surface area contributed by atoms with Crippen molar-refractivity contribution in [3.8, 4) is 17.2 Å². The van der Waals surface area contributed by atoms with Crippen LogP contribution in [-0.2, 0) is 13.3 Å². The van der Waals surface area contributed by atoms with Crippen molar-refractivity contribution in [3.63, 3.8) is 0 Å². The number of nitrogens with one attached hydrogen (secondary N) is 1. The number of hydrogen-bond acceptors (Lipinski definition) is 6. The second-order valence-electron chi connectivity index (χ2n) is 7.06. The van der Waals surface area contributed by atoms with E-state index < -0.39 is 5.91 Å². The Bertz CT molecular complexity index is 1260. The molecular formula is C23H21Cl2N5O4. The highest BCUT2D eigenvalue weighted by Gasteiger charge is 2.15. The van der Waals surface area contributed by atoms with Crippen LogP contribution in [0.1, 0.15) is 16.1 Å². The predicted molar refractivity (Wildman–Crippen MR) is 128 cm³/mol. The van der Waals surface area contributed by atoms with Crippen LogP contribution in [0.2, 0.25) is 10.0 Å². The molecule has 2 heterocycles. The number of halogens is 2. The van der Waals surface area contributed by atoms with Crippen LogP contribution in [0, 0.1) is 0 Å². The van der Waals surface area contributed by atoms with Gasteiger partial charge in [0.2, 0.25) is 5.75 Å². The molecular weight excluding hydrogens is 481 g/mol. The van der Waals surface area contributed by atoms with Crippen molar-refractivity contribution in [1.29, 1.82) is 0 Å². The first-order chi connectivity index (χ1) is 16.5. The van der Waals surface area contributed by atoms with Crippen molar-refractivity contribution in [3.05, 3.63) is 82.2 Å². The fraction of sp³-hybridized carbons (Fsp3) is 0.174. The zero-order valence-corrected chi connectivity index (χ0v) is 19.9. The second-order valence-corrected chi connectivity index (χ2v) is 7.87. The van der Waals surface area contributed by atoms with Crippen LogP contribution in [0.4, 0.5) is 5.82 Å². The molecule has 1 amide bonds. The maximum atomic E-state index is 12.6. The number of ether oxygens (including phenoxy) is 3. The minimum atomic E-state index is -0.408. The Morgan fingerprint density at radius 1 is 0.912 bits per heavy atom. The van der Waals surface area contributed by atoms with Gasteiger partial charge in [-0.3, -0.25) is 9.48 Å². The lowest BCUT2D eigenvalue weighted by atomic mass is 10.2. The van der Waals surface area contributed by atoms with Gasteiger partial charge in [-0.15, -0.1) is 0 Å². The number of rotatable bonds is 9. The van der Waals surface area contributed by atoms with E-state index in [9.17, 15) is 4.79 Å². The molecule has 11 heteroatoms. The van der Waals surface area contributed by atoms with Crippen molar-refractivity contribution in [2.75, 3.05) is 19.5 Å². The molecule has 0 fully saturated rings. The normalized spacial score (nSPS) is 10.7. The third-order valence-electron chi connectivity index (χ3n) is 4.86. The summed E-state index contributed by atoms with van der Waals surface area (Å²) in [5, 5.41) is 12.4. The second kappa shape index (κ2) is 10.5. The van der Waals surface area contributed by atoms with Crippen LogP contribution in [0.3, 0.4) is 0 Å². The molecule has 0 unspecified atom stereocenters. The van der Waals surface area contributed by atoms with E-state index in [1.54, 1.807) is 79.8 Å². The Hall–Kier alpha value is -3.69. The van der Waals surface area contributed by atoms with Crippen molar-refractivity contribution in [2.45, 2.75) is 13.3 Å². The SMILES string of the molecule is COc1cccc(OC)c1OCn1ccc(C(=O)Nc2ccn(Cc3c(Cl)cccc3Cl)n2)n1. The molecule has 34 heavy (non-hydrogen) atoms. The van der Waals surface area contributed by atoms with E-state index in [1.807, 2.05) is 0 Å². The Balaban J connectivity index is 1.38. The molecule has 1 N–H and O–H groups in total. The summed E-state index contributed by atoms with van der Waals surface area (Å²) in [5.41, 5.74) is 0.955. The van der Waals surface area contributed by atoms with Gasteiger partial charge in [-0.2, -0.15) is 10.2 Å². The molecule has 0 aliphatic carbocycles. The standard InChI is InChI=1S/C23H21Cl2N5O4/c1-32-19-7-4-8-20(33-2)22(19)34-14-30-11-9-18(27-30)23(31)26-21-10-12-29(28-21)13-15-16(24)5-3-6-17(15)25/h3-12H,13-14H2,1-2H3,(H,26,28,31). The van der Waals surface area contributed by atoms with Crippen LogP contribution in [-0.4, -0.2) is 39.7 Å². The fourth-order valence-corrected chi connectivity index (χ4v) is 3.70. The number of carbonyl (C=O) groups excluding carboxylic acids is 1. The van der Waals surface area contributed by atoms with Crippen LogP contribution in [0.15, 0.2) is 60.9 Å². The number of nitrogens with zero attached hydrogens (tertiary/aromatic N) is 4.